The number of hydrogen-bond donors (Lipinski definition) is 2. The molecule has 2 heterocycles. The number of hydrogen-bond acceptors (Lipinski definition) is 4. The minimum atomic E-state index is -1.01. The number of rotatable bonds is 6. The predicted octanol–water partition coefficient (Wildman–Crippen LogP) is 2.09. The van der Waals surface area contributed by atoms with Crippen molar-refractivity contribution >= 4 is 5.97 Å². The lowest BCUT2D eigenvalue weighted by atomic mass is 10.2. The van der Waals surface area contributed by atoms with Gasteiger partial charge < -0.3 is 14.8 Å². The summed E-state index contributed by atoms with van der Waals surface area (Å²) in [6, 6.07) is 9.00. The van der Waals surface area contributed by atoms with Gasteiger partial charge in [-0.3, -0.25) is 0 Å². The van der Waals surface area contributed by atoms with E-state index in [2.05, 4.69) is 10.3 Å². The minimum Gasteiger partial charge on any atom is -0.477 e. The summed E-state index contributed by atoms with van der Waals surface area (Å²) in [6.07, 6.45) is 2.44. The first kappa shape index (κ1) is 13.3. The maximum Gasteiger partial charge on any atom is 0.354 e. The van der Waals surface area contributed by atoms with Crippen molar-refractivity contribution in [2.45, 2.75) is 25.9 Å². The van der Waals surface area contributed by atoms with Crippen molar-refractivity contribution < 1.29 is 14.3 Å². The van der Waals surface area contributed by atoms with Crippen molar-refractivity contribution in [2.24, 2.45) is 0 Å². The highest BCUT2D eigenvalue weighted by molar-refractivity contribution is 5.85. The number of nitrogens with one attached hydrogen (secondary N) is 1. The molecule has 0 spiro atoms. The lowest BCUT2D eigenvalue weighted by Crippen LogP contribution is -2.28. The van der Waals surface area contributed by atoms with Gasteiger partial charge in [-0.05, 0) is 31.2 Å². The van der Waals surface area contributed by atoms with Gasteiger partial charge in [0.15, 0.2) is 0 Å². The zero-order chi connectivity index (χ0) is 13.7. The number of carbonyl (C=O) groups is 1. The summed E-state index contributed by atoms with van der Waals surface area (Å²) in [5.41, 5.74) is 0.782. The summed E-state index contributed by atoms with van der Waals surface area (Å²) in [4.78, 5) is 14.9. The first-order chi connectivity index (χ1) is 9.15. The number of furan rings is 1. The van der Waals surface area contributed by atoms with Crippen LogP contribution < -0.4 is 5.32 Å². The molecule has 0 amide bonds. The van der Waals surface area contributed by atoms with Crippen LogP contribution in [0.5, 0.6) is 0 Å². The standard InChI is InChI=1S/C14H16N2O3/c1-10(8-12-5-3-7-19-12)15-9-11-4-2-6-13(16-11)14(17)18/h2-7,10,15H,8-9H2,1H3,(H,17,18). The number of carboxylic acids is 1. The molecular formula is C14H16N2O3. The molecule has 1 atom stereocenters. The molecule has 2 rings (SSSR count). The average Bonchev–Trinajstić information content (AvgIpc) is 2.89. The Balaban J connectivity index is 1.88. The molecule has 5 nitrogen and oxygen atoms in total. The fourth-order valence-electron chi connectivity index (χ4n) is 1.78. The molecule has 19 heavy (non-hydrogen) atoms. The zero-order valence-electron chi connectivity index (χ0n) is 10.7. The van der Waals surface area contributed by atoms with E-state index in [-0.39, 0.29) is 11.7 Å². The molecule has 0 aliphatic heterocycles. The SMILES string of the molecule is CC(Cc1ccco1)NCc1cccc(C(=O)O)n1. The molecule has 2 aromatic rings. The minimum absolute atomic E-state index is 0.0676. The maximum atomic E-state index is 10.8. The molecule has 0 aliphatic rings. The lowest BCUT2D eigenvalue weighted by Gasteiger charge is -2.12. The van der Waals surface area contributed by atoms with Gasteiger partial charge >= 0.3 is 5.97 Å². The Kier molecular flexibility index (Phi) is 4.30. The molecule has 0 radical (unpaired) electrons. The number of aromatic nitrogens is 1. The van der Waals surface area contributed by atoms with Gasteiger partial charge in [0, 0.05) is 19.0 Å². The van der Waals surface area contributed by atoms with Gasteiger partial charge in [0.2, 0.25) is 0 Å². The fraction of sp³-hybridized carbons (Fsp3) is 0.286. The van der Waals surface area contributed by atoms with Gasteiger partial charge in [-0.2, -0.15) is 0 Å². The highest BCUT2D eigenvalue weighted by atomic mass is 16.4. The van der Waals surface area contributed by atoms with Crippen molar-refractivity contribution in [1.29, 1.82) is 0 Å². The number of nitrogens with zero attached hydrogens (tertiary/aromatic N) is 1. The van der Waals surface area contributed by atoms with Gasteiger partial charge in [-0.1, -0.05) is 6.07 Å². The lowest BCUT2D eigenvalue weighted by molar-refractivity contribution is 0.0690. The molecule has 0 bridgehead atoms. The van der Waals surface area contributed by atoms with Crippen LogP contribution in [0.15, 0.2) is 41.0 Å². The highest BCUT2D eigenvalue weighted by Gasteiger charge is 2.08. The van der Waals surface area contributed by atoms with Gasteiger partial charge in [0.05, 0.1) is 12.0 Å². The molecule has 0 saturated carbocycles. The van der Waals surface area contributed by atoms with Crippen LogP contribution in [0, 0.1) is 0 Å². The molecule has 5 heteroatoms. The molecule has 0 fully saturated rings. The summed E-state index contributed by atoms with van der Waals surface area (Å²) >= 11 is 0. The second-order valence-corrected chi connectivity index (χ2v) is 4.38. The Labute approximate surface area is 111 Å². The molecule has 2 aromatic heterocycles. The Morgan fingerprint density at radius 2 is 2.26 bits per heavy atom. The van der Waals surface area contributed by atoms with Crippen LogP contribution in [-0.2, 0) is 13.0 Å². The third kappa shape index (κ3) is 3.93. The smallest absolute Gasteiger partial charge is 0.354 e. The topological polar surface area (TPSA) is 75.4 Å². The molecule has 0 aromatic carbocycles. The van der Waals surface area contributed by atoms with Crippen LogP contribution in [0.4, 0.5) is 0 Å². The first-order valence-electron chi connectivity index (χ1n) is 6.10. The number of pyridine rings is 1. The van der Waals surface area contributed by atoms with Gasteiger partial charge in [0.25, 0.3) is 0 Å². The Hall–Kier alpha value is -2.14. The third-order valence-corrected chi connectivity index (χ3v) is 2.74. The molecule has 2 N–H and O–H groups in total. The summed E-state index contributed by atoms with van der Waals surface area (Å²) in [5.74, 6) is -0.0854. The molecule has 1 unspecified atom stereocenters. The third-order valence-electron chi connectivity index (χ3n) is 2.74. The second kappa shape index (κ2) is 6.15. The average molecular weight is 260 g/mol. The van der Waals surface area contributed by atoms with Crippen molar-refractivity contribution in [3.63, 3.8) is 0 Å². The first-order valence-corrected chi connectivity index (χ1v) is 6.10. The normalized spacial score (nSPS) is 12.3. The fourth-order valence-corrected chi connectivity index (χ4v) is 1.78. The van der Waals surface area contributed by atoms with Crippen molar-refractivity contribution in [3.8, 4) is 0 Å². The van der Waals surface area contributed by atoms with E-state index >= 15 is 0 Å². The quantitative estimate of drug-likeness (QED) is 0.831. The van der Waals surface area contributed by atoms with Crippen LogP contribution in [0.3, 0.4) is 0 Å². The van der Waals surface area contributed by atoms with Crippen molar-refractivity contribution in [1.82, 2.24) is 10.3 Å². The van der Waals surface area contributed by atoms with Gasteiger partial charge in [-0.15, -0.1) is 0 Å². The van der Waals surface area contributed by atoms with Gasteiger partial charge in [0.1, 0.15) is 11.5 Å². The van der Waals surface area contributed by atoms with E-state index in [9.17, 15) is 4.79 Å². The Morgan fingerprint density at radius 1 is 1.42 bits per heavy atom. The summed E-state index contributed by atoms with van der Waals surface area (Å²) in [6.45, 7) is 2.58. The monoisotopic (exact) mass is 260 g/mol. The van der Waals surface area contributed by atoms with Crippen LogP contribution in [0.1, 0.15) is 28.9 Å². The van der Waals surface area contributed by atoms with Crippen molar-refractivity contribution in [2.75, 3.05) is 0 Å². The maximum absolute atomic E-state index is 10.8. The number of aromatic carboxylic acids is 1. The summed E-state index contributed by atoms with van der Waals surface area (Å²) in [5, 5.41) is 12.2. The van der Waals surface area contributed by atoms with E-state index in [0.29, 0.717) is 12.2 Å². The molecular weight excluding hydrogens is 244 g/mol. The van der Waals surface area contributed by atoms with Crippen LogP contribution in [0.25, 0.3) is 0 Å². The number of carboxylic acid groups (broad SMARTS) is 1. The van der Waals surface area contributed by atoms with E-state index in [1.165, 1.54) is 6.07 Å². The Morgan fingerprint density at radius 3 is 2.95 bits per heavy atom. The van der Waals surface area contributed by atoms with Crippen molar-refractivity contribution in [3.05, 3.63) is 53.7 Å². The zero-order valence-corrected chi connectivity index (χ0v) is 10.7. The van der Waals surface area contributed by atoms with E-state index in [1.807, 2.05) is 19.1 Å². The predicted molar refractivity (Wildman–Crippen MR) is 69.9 cm³/mol. The summed E-state index contributed by atoms with van der Waals surface area (Å²) in [7, 11) is 0. The molecule has 100 valence electrons. The van der Waals surface area contributed by atoms with E-state index in [4.69, 9.17) is 9.52 Å². The van der Waals surface area contributed by atoms with E-state index in [0.717, 1.165) is 12.2 Å². The van der Waals surface area contributed by atoms with E-state index < -0.39 is 5.97 Å². The molecule has 0 saturated heterocycles. The van der Waals surface area contributed by atoms with Gasteiger partial charge in [-0.25, -0.2) is 9.78 Å². The second-order valence-electron chi connectivity index (χ2n) is 4.38. The van der Waals surface area contributed by atoms with Crippen LogP contribution in [-0.4, -0.2) is 22.1 Å². The Bertz CT molecular complexity index is 537. The van der Waals surface area contributed by atoms with E-state index in [1.54, 1.807) is 18.4 Å². The molecule has 0 aliphatic carbocycles. The largest absolute Gasteiger partial charge is 0.477 e. The summed E-state index contributed by atoms with van der Waals surface area (Å²) < 4.78 is 5.27. The van der Waals surface area contributed by atoms with Crippen LogP contribution in [0.2, 0.25) is 0 Å². The van der Waals surface area contributed by atoms with Crippen LogP contribution >= 0.6 is 0 Å². The highest BCUT2D eigenvalue weighted by Crippen LogP contribution is 2.05.